The van der Waals surface area contributed by atoms with E-state index in [4.69, 9.17) is 23.2 Å². The summed E-state index contributed by atoms with van der Waals surface area (Å²) >= 11 is 15.4. The predicted octanol–water partition coefficient (Wildman–Crippen LogP) is 4.13. The van der Waals surface area contributed by atoms with Crippen LogP contribution in [-0.2, 0) is 4.79 Å². The number of hydroxylamine groups is 2. The number of benzene rings is 2. The van der Waals surface area contributed by atoms with Gasteiger partial charge in [0.2, 0.25) is 0 Å². The molecule has 1 aliphatic rings. The summed E-state index contributed by atoms with van der Waals surface area (Å²) in [6, 6.07) is 11.7. The number of carbonyl (C=O) groups excluding carboxylic acids is 2. The van der Waals surface area contributed by atoms with Crippen LogP contribution in [0.3, 0.4) is 0 Å². The predicted molar refractivity (Wildman–Crippen MR) is 93.0 cm³/mol. The molecule has 1 saturated heterocycles. The van der Waals surface area contributed by atoms with Crippen LogP contribution in [0.15, 0.2) is 46.9 Å². The van der Waals surface area contributed by atoms with Gasteiger partial charge in [-0.25, -0.2) is 0 Å². The van der Waals surface area contributed by atoms with Crippen molar-refractivity contribution in [1.82, 2.24) is 9.96 Å². The summed E-state index contributed by atoms with van der Waals surface area (Å²) in [5.74, 6) is -1.07. The van der Waals surface area contributed by atoms with Crippen molar-refractivity contribution in [3.05, 3.63) is 68.1 Å². The van der Waals surface area contributed by atoms with Gasteiger partial charge in [0.15, 0.2) is 6.17 Å². The number of nitrogens with zero attached hydrogens (tertiary/aromatic N) is 2. The van der Waals surface area contributed by atoms with E-state index in [1.165, 1.54) is 11.0 Å². The number of carbonyl (C=O) groups is 2. The maximum Gasteiger partial charge on any atom is 0.267 e. The Morgan fingerprint density at radius 2 is 1.92 bits per heavy atom. The summed E-state index contributed by atoms with van der Waals surface area (Å²) in [7, 11) is 0. The quantitative estimate of drug-likeness (QED) is 0.730. The molecule has 1 heterocycles. The van der Waals surface area contributed by atoms with E-state index in [0.717, 1.165) is 4.47 Å². The van der Waals surface area contributed by atoms with Gasteiger partial charge in [-0.3, -0.25) is 14.8 Å². The van der Waals surface area contributed by atoms with E-state index < -0.39 is 18.0 Å². The Kier molecular flexibility index (Phi) is 4.83. The van der Waals surface area contributed by atoms with Crippen molar-refractivity contribution in [1.29, 1.82) is 0 Å². The largest absolute Gasteiger partial charge is 0.302 e. The average Bonchev–Trinajstić information content (AvgIpc) is 2.85. The highest BCUT2D eigenvalue weighted by molar-refractivity contribution is 9.10. The average molecular weight is 430 g/mol. The fourth-order valence-corrected chi connectivity index (χ4v) is 3.37. The molecular formula is C16H11BrCl2N2O3. The van der Waals surface area contributed by atoms with Crippen molar-refractivity contribution < 1.29 is 14.8 Å². The van der Waals surface area contributed by atoms with E-state index in [9.17, 15) is 14.8 Å². The molecule has 3 rings (SSSR count). The smallest absolute Gasteiger partial charge is 0.267 e. The van der Waals surface area contributed by atoms with Gasteiger partial charge in [0.05, 0.1) is 15.6 Å². The second-order valence-electron chi connectivity index (χ2n) is 5.20. The third-order valence-corrected chi connectivity index (χ3v) is 4.99. The van der Waals surface area contributed by atoms with Crippen LogP contribution in [0.25, 0.3) is 0 Å². The van der Waals surface area contributed by atoms with Crippen LogP contribution in [-0.4, -0.2) is 33.5 Å². The zero-order valence-corrected chi connectivity index (χ0v) is 15.2. The van der Waals surface area contributed by atoms with Crippen molar-refractivity contribution in [2.24, 2.45) is 0 Å². The molecule has 124 valence electrons. The molecule has 1 N–H and O–H groups in total. The number of amides is 2. The van der Waals surface area contributed by atoms with Gasteiger partial charge in [-0.15, -0.1) is 0 Å². The number of hydrogen-bond acceptors (Lipinski definition) is 3. The Morgan fingerprint density at radius 1 is 1.21 bits per heavy atom. The molecule has 2 aromatic carbocycles. The molecule has 2 amide bonds. The zero-order chi connectivity index (χ0) is 17.4. The lowest BCUT2D eigenvalue weighted by atomic mass is 10.1. The molecular weight excluding hydrogens is 419 g/mol. The minimum atomic E-state index is -0.933. The molecule has 24 heavy (non-hydrogen) atoms. The van der Waals surface area contributed by atoms with Crippen LogP contribution in [0.5, 0.6) is 0 Å². The summed E-state index contributed by atoms with van der Waals surface area (Å²) in [6.45, 7) is -0.255. The summed E-state index contributed by atoms with van der Waals surface area (Å²) in [4.78, 5) is 26.1. The van der Waals surface area contributed by atoms with Crippen molar-refractivity contribution >= 4 is 50.9 Å². The molecule has 1 aliphatic heterocycles. The second kappa shape index (κ2) is 6.72. The molecule has 0 aromatic heterocycles. The van der Waals surface area contributed by atoms with E-state index in [0.29, 0.717) is 10.6 Å². The minimum absolute atomic E-state index is 0.112. The molecule has 0 spiro atoms. The summed E-state index contributed by atoms with van der Waals surface area (Å²) < 4.78 is 0.765. The van der Waals surface area contributed by atoms with E-state index >= 15 is 0 Å². The van der Waals surface area contributed by atoms with E-state index in [2.05, 4.69) is 15.9 Å². The molecule has 0 radical (unpaired) electrons. The van der Waals surface area contributed by atoms with Crippen LogP contribution in [0.1, 0.15) is 22.1 Å². The number of halogens is 3. The number of hydrogen-bond donors (Lipinski definition) is 1. The molecule has 0 aliphatic carbocycles. The topological polar surface area (TPSA) is 60.9 Å². The molecule has 0 saturated carbocycles. The van der Waals surface area contributed by atoms with E-state index in [-0.39, 0.29) is 22.2 Å². The van der Waals surface area contributed by atoms with Gasteiger partial charge < -0.3 is 4.90 Å². The fraction of sp³-hybridized carbons (Fsp3) is 0.125. The summed E-state index contributed by atoms with van der Waals surface area (Å²) in [5, 5.41) is 11.0. The fourth-order valence-electron chi connectivity index (χ4n) is 2.57. The van der Waals surface area contributed by atoms with Gasteiger partial charge in [-0.05, 0) is 29.8 Å². The van der Waals surface area contributed by atoms with E-state index in [1.807, 2.05) is 6.07 Å². The Labute approximate surface area is 156 Å². The summed E-state index contributed by atoms with van der Waals surface area (Å²) in [6.07, 6.45) is -0.933. The Morgan fingerprint density at radius 3 is 2.62 bits per heavy atom. The van der Waals surface area contributed by atoms with Gasteiger partial charge in [0, 0.05) is 4.47 Å². The SMILES string of the molecule is O=C1CN(C(=O)c2cccc(Cl)c2Cl)C(c2cccc(Br)c2)N1O. The van der Waals surface area contributed by atoms with Crippen molar-refractivity contribution in [2.75, 3.05) is 6.54 Å². The normalized spacial score (nSPS) is 17.5. The highest BCUT2D eigenvalue weighted by atomic mass is 79.9. The van der Waals surface area contributed by atoms with Crippen LogP contribution in [0, 0.1) is 0 Å². The van der Waals surface area contributed by atoms with Gasteiger partial charge in [0.25, 0.3) is 11.8 Å². The molecule has 8 heteroatoms. The third-order valence-electron chi connectivity index (χ3n) is 3.68. The van der Waals surface area contributed by atoms with Crippen molar-refractivity contribution in [3.63, 3.8) is 0 Å². The monoisotopic (exact) mass is 428 g/mol. The zero-order valence-electron chi connectivity index (χ0n) is 12.1. The Bertz CT molecular complexity index is 831. The molecule has 0 bridgehead atoms. The lowest BCUT2D eigenvalue weighted by molar-refractivity contribution is -0.168. The maximum atomic E-state index is 12.9. The van der Waals surface area contributed by atoms with Crippen LogP contribution in [0.4, 0.5) is 0 Å². The first kappa shape index (κ1) is 17.2. The first-order valence-corrected chi connectivity index (χ1v) is 8.46. The van der Waals surface area contributed by atoms with Crippen LogP contribution >= 0.6 is 39.1 Å². The van der Waals surface area contributed by atoms with Gasteiger partial charge >= 0.3 is 0 Å². The molecule has 1 atom stereocenters. The van der Waals surface area contributed by atoms with Crippen LogP contribution in [0.2, 0.25) is 10.0 Å². The lowest BCUT2D eigenvalue weighted by Gasteiger charge is -2.27. The van der Waals surface area contributed by atoms with Crippen molar-refractivity contribution in [2.45, 2.75) is 6.17 Å². The number of rotatable bonds is 2. The first-order chi connectivity index (χ1) is 11.4. The van der Waals surface area contributed by atoms with E-state index in [1.54, 1.807) is 30.3 Å². The van der Waals surface area contributed by atoms with Crippen molar-refractivity contribution in [3.8, 4) is 0 Å². The molecule has 1 unspecified atom stereocenters. The van der Waals surface area contributed by atoms with Gasteiger partial charge in [-0.2, -0.15) is 5.06 Å². The first-order valence-electron chi connectivity index (χ1n) is 6.91. The highest BCUT2D eigenvalue weighted by Crippen LogP contribution is 2.34. The van der Waals surface area contributed by atoms with Crippen LogP contribution < -0.4 is 0 Å². The minimum Gasteiger partial charge on any atom is -0.302 e. The van der Waals surface area contributed by atoms with Gasteiger partial charge in [-0.1, -0.05) is 57.3 Å². The third kappa shape index (κ3) is 3.02. The lowest BCUT2D eigenvalue weighted by Crippen LogP contribution is -2.34. The Hall–Kier alpha value is -1.60. The molecule has 1 fully saturated rings. The molecule has 2 aromatic rings. The highest BCUT2D eigenvalue weighted by Gasteiger charge is 2.42. The van der Waals surface area contributed by atoms with Gasteiger partial charge in [0.1, 0.15) is 6.54 Å². The second-order valence-corrected chi connectivity index (χ2v) is 6.90. The standard InChI is InChI=1S/C16H11BrCl2N2O3/c17-10-4-1-3-9(7-10)15-20(8-13(22)21(15)24)16(23)11-5-2-6-12(18)14(11)19/h1-7,15,24H,8H2. The maximum absolute atomic E-state index is 12.9. The Balaban J connectivity index is 2.03. The summed E-state index contributed by atoms with van der Waals surface area (Å²) in [5.41, 5.74) is 0.761. The molecule has 5 nitrogen and oxygen atoms in total.